The monoisotopic (exact) mass is 730 g/mol. The van der Waals surface area contributed by atoms with E-state index in [0.29, 0.717) is 0 Å². The minimum absolute atomic E-state index is 0.264. The Labute approximate surface area is 333 Å². The molecule has 0 radical (unpaired) electrons. The van der Waals surface area contributed by atoms with E-state index in [2.05, 4.69) is 219 Å². The second-order valence-electron chi connectivity index (χ2n) is 16.3. The fourth-order valence-corrected chi connectivity index (χ4v) is 9.61. The van der Waals surface area contributed by atoms with E-state index in [-0.39, 0.29) is 5.41 Å². The van der Waals surface area contributed by atoms with Gasteiger partial charge in [-0.25, -0.2) is 0 Å². The second-order valence-corrected chi connectivity index (χ2v) is 16.3. The first-order valence-corrected chi connectivity index (χ1v) is 20.0. The minimum atomic E-state index is -0.264. The molecule has 0 saturated heterocycles. The number of hydrogen-bond acceptors (Lipinski definition) is 1. The number of aryl methyl sites for hydroxylation is 2. The van der Waals surface area contributed by atoms with Gasteiger partial charge in [0.25, 0.3) is 0 Å². The van der Waals surface area contributed by atoms with Crippen LogP contribution in [0.15, 0.2) is 182 Å². The molecule has 0 atom stereocenters. The number of hydrogen-bond donors (Lipinski definition) is 0. The van der Waals surface area contributed by atoms with Gasteiger partial charge in [-0.2, -0.15) is 0 Å². The molecule has 0 unspecified atom stereocenters. The number of rotatable bonds is 5. The molecule has 1 aliphatic carbocycles. The first-order valence-electron chi connectivity index (χ1n) is 20.0. The topological polar surface area (TPSA) is 8.17 Å². The Balaban J connectivity index is 1.15. The Morgan fingerprint density at radius 1 is 0.456 bits per heavy atom. The molecule has 0 fully saturated rings. The first-order chi connectivity index (χ1) is 27.8. The van der Waals surface area contributed by atoms with Gasteiger partial charge in [-0.15, -0.1) is 0 Å². The van der Waals surface area contributed by atoms with Gasteiger partial charge >= 0.3 is 0 Å². The highest BCUT2D eigenvalue weighted by Gasteiger charge is 2.38. The van der Waals surface area contributed by atoms with Crippen LogP contribution >= 0.6 is 0 Å². The number of nitrogens with zero attached hydrogens (tertiary/aromatic N) is 2. The van der Waals surface area contributed by atoms with Crippen molar-refractivity contribution in [2.75, 3.05) is 4.90 Å². The lowest BCUT2D eigenvalue weighted by atomic mass is 9.81. The smallest absolute Gasteiger partial charge is 0.0619 e. The number of fused-ring (bicyclic) bond motifs is 9. The Morgan fingerprint density at radius 3 is 1.98 bits per heavy atom. The van der Waals surface area contributed by atoms with E-state index in [4.69, 9.17) is 0 Å². The Bertz CT molecular complexity index is 3220. The van der Waals surface area contributed by atoms with Crippen LogP contribution in [-0.4, -0.2) is 4.57 Å². The Morgan fingerprint density at radius 2 is 1.16 bits per heavy atom. The molecule has 1 aliphatic rings. The lowest BCUT2D eigenvalue weighted by Gasteiger charge is -2.30. The van der Waals surface area contributed by atoms with Gasteiger partial charge in [-0.1, -0.05) is 152 Å². The van der Waals surface area contributed by atoms with Gasteiger partial charge in [-0.3, -0.25) is 0 Å². The molecule has 9 aromatic carbocycles. The molecular weight excluding hydrogens is 689 g/mol. The largest absolute Gasteiger partial charge is 0.310 e. The van der Waals surface area contributed by atoms with Crippen LogP contribution in [0.3, 0.4) is 0 Å². The van der Waals surface area contributed by atoms with Gasteiger partial charge in [0.2, 0.25) is 0 Å². The lowest BCUT2D eigenvalue weighted by molar-refractivity contribution is 0.660. The van der Waals surface area contributed by atoms with Crippen molar-refractivity contribution in [3.8, 4) is 27.9 Å². The summed E-state index contributed by atoms with van der Waals surface area (Å²) in [5.74, 6) is 0. The molecule has 272 valence electrons. The quantitative estimate of drug-likeness (QED) is 0.171. The van der Waals surface area contributed by atoms with Gasteiger partial charge in [0, 0.05) is 44.2 Å². The number of aromatic nitrogens is 1. The highest BCUT2D eigenvalue weighted by Crippen LogP contribution is 2.55. The van der Waals surface area contributed by atoms with Gasteiger partial charge < -0.3 is 9.47 Å². The highest BCUT2D eigenvalue weighted by atomic mass is 15.1. The normalized spacial score (nSPS) is 13.1. The zero-order valence-corrected chi connectivity index (χ0v) is 32.7. The Hall–Kier alpha value is -6.90. The zero-order valence-electron chi connectivity index (χ0n) is 32.7. The Kier molecular flexibility index (Phi) is 7.37. The molecule has 1 aromatic heterocycles. The average molecular weight is 731 g/mol. The molecule has 0 spiro atoms. The third-order valence-electron chi connectivity index (χ3n) is 12.5. The van der Waals surface area contributed by atoms with Crippen LogP contribution in [0, 0.1) is 13.8 Å². The van der Waals surface area contributed by atoms with Crippen molar-refractivity contribution in [3.05, 3.63) is 204 Å². The van der Waals surface area contributed by atoms with Gasteiger partial charge in [0.1, 0.15) is 0 Å². The molecule has 2 nitrogen and oxygen atoms in total. The van der Waals surface area contributed by atoms with Crippen molar-refractivity contribution in [2.45, 2.75) is 33.1 Å². The zero-order chi connectivity index (χ0) is 38.4. The van der Waals surface area contributed by atoms with E-state index in [0.717, 1.165) is 11.4 Å². The summed E-state index contributed by atoms with van der Waals surface area (Å²) in [4.78, 5) is 2.46. The summed E-state index contributed by atoms with van der Waals surface area (Å²) in [6.07, 6.45) is 0. The summed E-state index contributed by atoms with van der Waals surface area (Å²) in [5, 5.41) is 7.55. The molecule has 10 aromatic rings. The van der Waals surface area contributed by atoms with Gasteiger partial charge in [0.05, 0.1) is 16.7 Å². The van der Waals surface area contributed by atoms with E-state index in [1.807, 2.05) is 0 Å². The molecular formula is C55H42N2. The van der Waals surface area contributed by atoms with Crippen molar-refractivity contribution in [1.29, 1.82) is 0 Å². The predicted molar refractivity (Wildman–Crippen MR) is 243 cm³/mol. The van der Waals surface area contributed by atoms with Crippen LogP contribution in [0.4, 0.5) is 17.1 Å². The van der Waals surface area contributed by atoms with E-state index in [1.165, 1.54) is 99.2 Å². The van der Waals surface area contributed by atoms with Crippen molar-refractivity contribution >= 4 is 60.4 Å². The minimum Gasteiger partial charge on any atom is -0.310 e. The molecule has 2 heteroatoms. The molecule has 11 rings (SSSR count). The lowest BCUT2D eigenvalue weighted by Crippen LogP contribution is -2.17. The van der Waals surface area contributed by atoms with Crippen LogP contribution in [-0.2, 0) is 5.41 Å². The number of para-hydroxylation sites is 1. The summed E-state index contributed by atoms with van der Waals surface area (Å²) < 4.78 is 2.51. The average Bonchev–Trinajstić information content (AvgIpc) is 3.69. The van der Waals surface area contributed by atoms with Crippen molar-refractivity contribution in [1.82, 2.24) is 4.57 Å². The third kappa shape index (κ3) is 5.10. The molecule has 0 bridgehead atoms. The number of anilines is 3. The summed E-state index contributed by atoms with van der Waals surface area (Å²) >= 11 is 0. The van der Waals surface area contributed by atoms with Crippen molar-refractivity contribution in [2.24, 2.45) is 0 Å². The van der Waals surface area contributed by atoms with Gasteiger partial charge in [0.15, 0.2) is 0 Å². The summed E-state index contributed by atoms with van der Waals surface area (Å²) in [7, 11) is 0. The van der Waals surface area contributed by atoms with Crippen molar-refractivity contribution in [3.63, 3.8) is 0 Å². The SMILES string of the molecule is Cc1ccc(N(c2ccc3ccccc3c2)c2cc3c(c4ccccc24)-c2ccc(-n4c5ccc(C)cc5c5cccc(-c6ccccc6)c54)cc2C3(C)C)cc1. The van der Waals surface area contributed by atoms with Crippen LogP contribution in [0.1, 0.15) is 36.1 Å². The molecule has 0 aliphatic heterocycles. The molecule has 0 amide bonds. The molecule has 57 heavy (non-hydrogen) atoms. The highest BCUT2D eigenvalue weighted by molar-refractivity contribution is 6.14. The van der Waals surface area contributed by atoms with Crippen LogP contribution < -0.4 is 4.90 Å². The summed E-state index contributed by atoms with van der Waals surface area (Å²) in [6, 6.07) is 67.7. The maximum atomic E-state index is 2.51. The van der Waals surface area contributed by atoms with E-state index in [1.54, 1.807) is 0 Å². The molecule has 0 saturated carbocycles. The van der Waals surface area contributed by atoms with E-state index in [9.17, 15) is 0 Å². The van der Waals surface area contributed by atoms with E-state index >= 15 is 0 Å². The van der Waals surface area contributed by atoms with E-state index < -0.39 is 0 Å². The second kappa shape index (κ2) is 12.6. The molecule has 1 heterocycles. The maximum absolute atomic E-state index is 2.51. The fraction of sp³-hybridized carbons (Fsp3) is 0.0909. The van der Waals surface area contributed by atoms with Crippen LogP contribution in [0.25, 0.3) is 71.3 Å². The first kappa shape index (κ1) is 33.4. The standard InChI is InChI=1S/C55H42N2/c1-35-21-25-40(26-22-35)56(41-27-24-37-13-8-9-16-39(37)32-41)52-34-50-53(45-18-11-10-17-44(45)52)47-29-28-42(33-49(47)55(50,3)4)57-51-30-23-36(2)31-48(51)46-20-12-19-43(54(46)57)38-14-6-5-7-15-38/h5-34H,1-4H3. The van der Waals surface area contributed by atoms with Gasteiger partial charge in [-0.05, 0) is 112 Å². The van der Waals surface area contributed by atoms with Crippen molar-refractivity contribution < 1.29 is 0 Å². The predicted octanol–water partition coefficient (Wildman–Crippen LogP) is 15.2. The summed E-state index contributed by atoms with van der Waals surface area (Å²) in [6.45, 7) is 9.18. The van der Waals surface area contributed by atoms with Crippen LogP contribution in [0.5, 0.6) is 0 Å². The van der Waals surface area contributed by atoms with Crippen LogP contribution in [0.2, 0.25) is 0 Å². The maximum Gasteiger partial charge on any atom is 0.0619 e. The third-order valence-corrected chi connectivity index (χ3v) is 12.5. The summed E-state index contributed by atoms with van der Waals surface area (Å²) in [5.41, 5.74) is 17.2. The number of benzene rings is 9. The fourth-order valence-electron chi connectivity index (χ4n) is 9.61. The molecule has 0 N–H and O–H groups in total.